The summed E-state index contributed by atoms with van der Waals surface area (Å²) in [6, 6.07) is 0. The molecule has 0 bridgehead atoms. The summed E-state index contributed by atoms with van der Waals surface area (Å²) >= 11 is 0. The van der Waals surface area contributed by atoms with E-state index >= 15 is 0 Å². The summed E-state index contributed by atoms with van der Waals surface area (Å²) in [6.07, 6.45) is 12.5. The molecule has 1 aliphatic heterocycles. The number of allylic oxidation sites excluding steroid dienone is 3. The number of nitrogens with zero attached hydrogens (tertiary/aromatic N) is 1. The first-order chi connectivity index (χ1) is 15.1. The lowest BCUT2D eigenvalue weighted by Gasteiger charge is -2.46. The summed E-state index contributed by atoms with van der Waals surface area (Å²) < 4.78 is 0. The monoisotopic (exact) mass is 443 g/mol. The van der Waals surface area contributed by atoms with Gasteiger partial charge in [-0.3, -0.25) is 0 Å². The molecule has 3 saturated carbocycles. The summed E-state index contributed by atoms with van der Waals surface area (Å²) in [5, 5.41) is 30.5. The molecule has 0 unspecified atom stereocenters. The van der Waals surface area contributed by atoms with Gasteiger partial charge in [0.25, 0.3) is 0 Å². The van der Waals surface area contributed by atoms with E-state index in [0.29, 0.717) is 30.1 Å². The fourth-order valence-corrected chi connectivity index (χ4v) is 7.43. The van der Waals surface area contributed by atoms with Gasteiger partial charge in [0.05, 0.1) is 17.8 Å². The number of hydrogen-bond donors (Lipinski definition) is 3. The first-order valence-electron chi connectivity index (χ1n) is 13.0. The Kier molecular flexibility index (Phi) is 7.08. The average Bonchev–Trinajstić information content (AvgIpc) is 3.08. The number of aliphatic hydroxyl groups is 3. The number of rotatable bonds is 4. The van der Waals surface area contributed by atoms with Gasteiger partial charge >= 0.3 is 0 Å². The zero-order valence-corrected chi connectivity index (χ0v) is 20.5. The normalized spacial score (nSPS) is 41.8. The molecule has 6 atom stereocenters. The molecule has 4 rings (SSSR count). The molecule has 0 spiro atoms. The Labute approximate surface area is 195 Å². The first-order valence-corrected chi connectivity index (χ1v) is 13.0. The van der Waals surface area contributed by atoms with E-state index in [1.807, 2.05) is 6.92 Å². The van der Waals surface area contributed by atoms with Crippen molar-refractivity contribution in [3.63, 3.8) is 0 Å². The molecule has 0 radical (unpaired) electrons. The molecule has 4 aliphatic rings. The zero-order valence-electron chi connectivity index (χ0n) is 20.5. The van der Waals surface area contributed by atoms with Gasteiger partial charge in [-0.25, -0.2) is 0 Å². The molecular formula is C28H45NO3. The van der Waals surface area contributed by atoms with Crippen LogP contribution in [-0.4, -0.2) is 57.7 Å². The van der Waals surface area contributed by atoms with Crippen LogP contribution in [0.1, 0.15) is 78.6 Å². The summed E-state index contributed by atoms with van der Waals surface area (Å²) in [5.74, 6) is 2.07. The maximum absolute atomic E-state index is 10.3. The van der Waals surface area contributed by atoms with Crippen LogP contribution in [0, 0.1) is 23.2 Å². The van der Waals surface area contributed by atoms with Crippen LogP contribution in [0.25, 0.3) is 0 Å². The number of aliphatic hydroxyl groups excluding tert-OH is 2. The van der Waals surface area contributed by atoms with Crippen molar-refractivity contribution < 1.29 is 15.3 Å². The molecule has 0 aromatic heterocycles. The van der Waals surface area contributed by atoms with Gasteiger partial charge in [0.2, 0.25) is 0 Å². The number of piperidine rings is 1. The second kappa shape index (κ2) is 9.37. The quantitative estimate of drug-likeness (QED) is 0.594. The maximum Gasteiger partial charge on any atom is 0.0811 e. The SMILES string of the molecule is C=C1/C(=C\C=C2/CCC[C@]3(C)[C@@H]([C@@H](C)CN4CCC(C)(O)CC4)CC[C@@H]23)C[C@@H](O)C[C@@H]1O. The second-order valence-corrected chi connectivity index (χ2v) is 11.9. The van der Waals surface area contributed by atoms with Crippen LogP contribution in [-0.2, 0) is 0 Å². The highest BCUT2D eigenvalue weighted by Crippen LogP contribution is 2.59. The Balaban J connectivity index is 1.44. The first kappa shape index (κ1) is 24.2. The standard InChI is InChI=1S/C28H45NO3/c1-19(18-29-14-12-27(3,32)13-15-29)24-9-10-25-21(6-5-11-28(24,25)4)7-8-22-16-23(30)17-26(31)20(22)2/h7-8,19,23-26,30-32H,2,5-6,9-18H2,1,3-4H3/b21-7+,22-8-/t19-,23+,24+,25-,26-,28+/m0/s1. The predicted octanol–water partition coefficient (Wildman–Crippen LogP) is 4.61. The second-order valence-electron chi connectivity index (χ2n) is 11.9. The van der Waals surface area contributed by atoms with E-state index in [-0.39, 0.29) is 0 Å². The minimum Gasteiger partial charge on any atom is -0.393 e. The Morgan fingerprint density at radius 1 is 1.12 bits per heavy atom. The number of likely N-dealkylation sites (tertiary alicyclic amines) is 1. The molecule has 3 N–H and O–H groups in total. The van der Waals surface area contributed by atoms with Crippen molar-refractivity contribution in [2.24, 2.45) is 23.2 Å². The van der Waals surface area contributed by atoms with Crippen molar-refractivity contribution in [2.75, 3.05) is 19.6 Å². The molecule has 3 aliphatic carbocycles. The summed E-state index contributed by atoms with van der Waals surface area (Å²) in [6.45, 7) is 14.2. The molecule has 1 heterocycles. The summed E-state index contributed by atoms with van der Waals surface area (Å²) in [7, 11) is 0. The molecule has 4 heteroatoms. The highest BCUT2D eigenvalue weighted by molar-refractivity contribution is 5.38. The molecular weight excluding hydrogens is 398 g/mol. The molecule has 1 saturated heterocycles. The molecule has 32 heavy (non-hydrogen) atoms. The highest BCUT2D eigenvalue weighted by atomic mass is 16.3. The third-order valence-corrected chi connectivity index (χ3v) is 9.47. The smallest absolute Gasteiger partial charge is 0.0811 e. The van der Waals surface area contributed by atoms with Crippen molar-refractivity contribution in [1.82, 2.24) is 4.90 Å². The van der Waals surface area contributed by atoms with E-state index in [4.69, 9.17) is 0 Å². The Bertz CT molecular complexity index is 759. The van der Waals surface area contributed by atoms with Gasteiger partial charge in [-0.15, -0.1) is 0 Å². The summed E-state index contributed by atoms with van der Waals surface area (Å²) in [4.78, 5) is 2.58. The van der Waals surface area contributed by atoms with E-state index in [9.17, 15) is 15.3 Å². The van der Waals surface area contributed by atoms with Gasteiger partial charge in [-0.05, 0) is 92.6 Å². The minimum atomic E-state index is -0.616. The lowest BCUT2D eigenvalue weighted by molar-refractivity contribution is -0.0145. The van der Waals surface area contributed by atoms with E-state index in [1.165, 1.54) is 32.1 Å². The third-order valence-electron chi connectivity index (χ3n) is 9.47. The molecule has 4 nitrogen and oxygen atoms in total. The molecule has 4 fully saturated rings. The van der Waals surface area contributed by atoms with Crippen LogP contribution >= 0.6 is 0 Å². The fourth-order valence-electron chi connectivity index (χ4n) is 7.43. The topological polar surface area (TPSA) is 63.9 Å². The van der Waals surface area contributed by atoms with Crippen LogP contribution in [0.2, 0.25) is 0 Å². The van der Waals surface area contributed by atoms with Gasteiger partial charge in [-0.2, -0.15) is 0 Å². The van der Waals surface area contributed by atoms with E-state index < -0.39 is 17.8 Å². The molecule has 0 aromatic carbocycles. The van der Waals surface area contributed by atoms with E-state index in [2.05, 4.69) is 37.5 Å². The van der Waals surface area contributed by atoms with Crippen LogP contribution in [0.5, 0.6) is 0 Å². The van der Waals surface area contributed by atoms with E-state index in [0.717, 1.165) is 49.5 Å². The Morgan fingerprint density at radius 3 is 2.56 bits per heavy atom. The average molecular weight is 444 g/mol. The van der Waals surface area contributed by atoms with Gasteiger partial charge in [0.1, 0.15) is 0 Å². The van der Waals surface area contributed by atoms with Gasteiger partial charge in [-0.1, -0.05) is 38.2 Å². The van der Waals surface area contributed by atoms with Crippen LogP contribution in [0.3, 0.4) is 0 Å². The number of hydrogen-bond acceptors (Lipinski definition) is 4. The van der Waals surface area contributed by atoms with Gasteiger partial charge in [0.15, 0.2) is 0 Å². The minimum absolute atomic E-state index is 0.367. The Morgan fingerprint density at radius 2 is 1.84 bits per heavy atom. The van der Waals surface area contributed by atoms with Gasteiger partial charge in [0, 0.05) is 26.1 Å². The lowest BCUT2D eigenvalue weighted by Crippen LogP contribution is -2.46. The fraction of sp³-hybridized carbons (Fsp3) is 0.786. The lowest BCUT2D eigenvalue weighted by atomic mass is 9.61. The van der Waals surface area contributed by atoms with Crippen molar-refractivity contribution in [2.45, 2.75) is 96.4 Å². The predicted molar refractivity (Wildman–Crippen MR) is 130 cm³/mol. The number of fused-ring (bicyclic) bond motifs is 1. The Hall–Kier alpha value is -0.940. The van der Waals surface area contributed by atoms with Crippen molar-refractivity contribution in [3.8, 4) is 0 Å². The highest BCUT2D eigenvalue weighted by Gasteiger charge is 2.50. The van der Waals surface area contributed by atoms with Crippen molar-refractivity contribution in [1.29, 1.82) is 0 Å². The molecule has 180 valence electrons. The molecule has 0 aromatic rings. The third kappa shape index (κ3) is 4.94. The summed E-state index contributed by atoms with van der Waals surface area (Å²) in [5.41, 5.74) is 3.25. The van der Waals surface area contributed by atoms with Crippen molar-refractivity contribution in [3.05, 3.63) is 35.5 Å². The maximum atomic E-state index is 10.3. The van der Waals surface area contributed by atoms with Crippen LogP contribution < -0.4 is 0 Å². The zero-order chi connectivity index (χ0) is 23.1. The van der Waals surface area contributed by atoms with Gasteiger partial charge < -0.3 is 20.2 Å². The van der Waals surface area contributed by atoms with Crippen molar-refractivity contribution >= 4 is 0 Å². The van der Waals surface area contributed by atoms with E-state index in [1.54, 1.807) is 5.57 Å². The molecule has 0 amide bonds. The van der Waals surface area contributed by atoms with Crippen LogP contribution in [0.4, 0.5) is 0 Å². The van der Waals surface area contributed by atoms with Crippen LogP contribution in [0.15, 0.2) is 35.5 Å². The largest absolute Gasteiger partial charge is 0.393 e.